The molecule has 4 aromatic carbocycles. The highest BCUT2D eigenvalue weighted by molar-refractivity contribution is 6.10. The number of carbonyl (C=O) groups is 2. The molecule has 4 rings (SSSR count). The van der Waals surface area contributed by atoms with E-state index in [1.807, 2.05) is 78.9 Å². The number of hydrogen-bond donors (Lipinski definition) is 2. The summed E-state index contributed by atoms with van der Waals surface area (Å²) in [6, 6.07) is 34.1. The van der Waals surface area contributed by atoms with Gasteiger partial charge in [-0.3, -0.25) is 15.1 Å². The first kappa shape index (κ1) is 25.0. The summed E-state index contributed by atoms with van der Waals surface area (Å²) < 4.78 is 5.13. The predicted octanol–water partition coefficient (Wildman–Crippen LogP) is 6.39. The second-order valence-corrected chi connectivity index (χ2v) is 7.85. The van der Waals surface area contributed by atoms with Gasteiger partial charge >= 0.3 is 12.1 Å². The lowest BCUT2D eigenvalue weighted by Crippen LogP contribution is -2.39. The molecule has 0 aliphatic carbocycles. The number of benzene rings is 4. The molecule has 0 spiro atoms. The van der Waals surface area contributed by atoms with Gasteiger partial charge in [0.2, 0.25) is 0 Å². The number of urea groups is 1. The number of anilines is 3. The molecule has 0 radical (unpaired) electrons. The van der Waals surface area contributed by atoms with Gasteiger partial charge in [-0.05, 0) is 48.5 Å². The molecule has 0 saturated carbocycles. The topological polar surface area (TPSA) is 92.3 Å². The Morgan fingerprint density at radius 3 is 1.92 bits per heavy atom. The quantitative estimate of drug-likeness (QED) is 0.169. The van der Waals surface area contributed by atoms with E-state index in [0.29, 0.717) is 34.1 Å². The number of ether oxygens (including phenoxy) is 1. The van der Waals surface area contributed by atoms with E-state index < -0.39 is 6.09 Å². The number of nitrogens with zero attached hydrogens (tertiary/aromatic N) is 2. The number of para-hydroxylation sites is 2. The molecule has 3 amide bonds. The largest absolute Gasteiger partial charge is 0.497 e. The smallest absolute Gasteiger partial charge is 0.437 e. The van der Waals surface area contributed by atoms with E-state index in [-0.39, 0.29) is 12.6 Å². The minimum absolute atomic E-state index is 0.0442. The summed E-state index contributed by atoms with van der Waals surface area (Å²) in [5.74, 6) is 0.665. The second-order valence-electron chi connectivity index (χ2n) is 7.85. The van der Waals surface area contributed by atoms with Crippen molar-refractivity contribution in [2.24, 2.45) is 5.16 Å². The van der Waals surface area contributed by atoms with Gasteiger partial charge in [0.1, 0.15) is 11.5 Å². The lowest BCUT2D eigenvalue weighted by Gasteiger charge is -2.24. The number of methoxy groups -OCH3 is 1. The summed E-state index contributed by atoms with van der Waals surface area (Å²) in [6.07, 6.45) is -0.765. The van der Waals surface area contributed by atoms with Crippen LogP contribution in [-0.2, 0) is 4.84 Å². The van der Waals surface area contributed by atoms with E-state index in [1.54, 1.807) is 43.5 Å². The number of rotatable bonds is 8. The third kappa shape index (κ3) is 7.19. The Bertz CT molecular complexity index is 1330. The molecular formula is C29H26N4O4. The van der Waals surface area contributed by atoms with Crippen molar-refractivity contribution in [3.05, 3.63) is 121 Å². The zero-order valence-electron chi connectivity index (χ0n) is 20.2. The highest BCUT2D eigenvalue weighted by Gasteiger charge is 2.20. The molecule has 4 aromatic rings. The van der Waals surface area contributed by atoms with Crippen molar-refractivity contribution in [3.63, 3.8) is 0 Å². The van der Waals surface area contributed by atoms with Gasteiger partial charge in [0, 0.05) is 22.6 Å². The SMILES string of the molecule is COc1ccc(NC(=O)O/N=C(/CN(C(=O)Nc2ccccc2)c2ccccc2)c2ccccc2)cc1. The molecule has 2 N–H and O–H groups in total. The van der Waals surface area contributed by atoms with Crippen LogP contribution in [0.15, 0.2) is 120 Å². The number of amides is 3. The Hall–Kier alpha value is -5.11. The minimum atomic E-state index is -0.765. The molecule has 0 atom stereocenters. The van der Waals surface area contributed by atoms with Crippen LogP contribution >= 0.6 is 0 Å². The maximum atomic E-state index is 13.3. The average Bonchev–Trinajstić information content (AvgIpc) is 2.95. The monoisotopic (exact) mass is 494 g/mol. The van der Waals surface area contributed by atoms with Crippen LogP contribution in [0.2, 0.25) is 0 Å². The fraction of sp³-hybridized carbons (Fsp3) is 0.0690. The van der Waals surface area contributed by atoms with Gasteiger partial charge in [-0.2, -0.15) is 0 Å². The first-order valence-electron chi connectivity index (χ1n) is 11.6. The Morgan fingerprint density at radius 2 is 1.30 bits per heavy atom. The predicted molar refractivity (Wildman–Crippen MR) is 145 cm³/mol. The first-order chi connectivity index (χ1) is 18.1. The van der Waals surface area contributed by atoms with E-state index in [9.17, 15) is 9.59 Å². The van der Waals surface area contributed by atoms with E-state index in [2.05, 4.69) is 15.8 Å². The lowest BCUT2D eigenvalue weighted by atomic mass is 10.1. The summed E-state index contributed by atoms with van der Waals surface area (Å²) >= 11 is 0. The van der Waals surface area contributed by atoms with Crippen LogP contribution in [0.4, 0.5) is 26.7 Å². The van der Waals surface area contributed by atoms with Crippen molar-refractivity contribution in [3.8, 4) is 5.75 Å². The molecule has 37 heavy (non-hydrogen) atoms. The van der Waals surface area contributed by atoms with Gasteiger partial charge in [-0.1, -0.05) is 71.9 Å². The molecule has 8 nitrogen and oxygen atoms in total. The van der Waals surface area contributed by atoms with Gasteiger partial charge in [-0.15, -0.1) is 0 Å². The third-order valence-electron chi connectivity index (χ3n) is 5.33. The molecule has 186 valence electrons. The summed E-state index contributed by atoms with van der Waals surface area (Å²) in [5, 5.41) is 9.67. The molecule has 0 bridgehead atoms. The maximum Gasteiger partial charge on any atom is 0.437 e. The molecule has 0 saturated heterocycles. The van der Waals surface area contributed by atoms with Crippen molar-refractivity contribution >= 4 is 34.9 Å². The highest BCUT2D eigenvalue weighted by atomic mass is 16.7. The average molecular weight is 495 g/mol. The van der Waals surface area contributed by atoms with Crippen LogP contribution in [0.1, 0.15) is 5.56 Å². The van der Waals surface area contributed by atoms with E-state index in [0.717, 1.165) is 0 Å². The summed E-state index contributed by atoms with van der Waals surface area (Å²) in [5.41, 5.74) is 2.92. The van der Waals surface area contributed by atoms with Crippen molar-refractivity contribution in [1.29, 1.82) is 0 Å². The molecule has 0 aromatic heterocycles. The number of oxime groups is 1. The van der Waals surface area contributed by atoms with Crippen LogP contribution < -0.4 is 20.3 Å². The molecule has 0 heterocycles. The van der Waals surface area contributed by atoms with Crippen LogP contribution in [0.3, 0.4) is 0 Å². The summed E-state index contributed by atoms with van der Waals surface area (Å²) in [7, 11) is 1.56. The zero-order valence-corrected chi connectivity index (χ0v) is 20.2. The summed E-state index contributed by atoms with van der Waals surface area (Å²) in [4.78, 5) is 32.5. The number of nitrogens with one attached hydrogen (secondary N) is 2. The fourth-order valence-corrected chi connectivity index (χ4v) is 3.47. The van der Waals surface area contributed by atoms with E-state index in [1.165, 1.54) is 4.90 Å². The Balaban J connectivity index is 1.57. The molecule has 0 fully saturated rings. The number of hydrogen-bond acceptors (Lipinski definition) is 5. The first-order valence-corrected chi connectivity index (χ1v) is 11.6. The third-order valence-corrected chi connectivity index (χ3v) is 5.33. The highest BCUT2D eigenvalue weighted by Crippen LogP contribution is 2.18. The van der Waals surface area contributed by atoms with Gasteiger partial charge < -0.3 is 10.1 Å². The fourth-order valence-electron chi connectivity index (χ4n) is 3.47. The Kier molecular flexibility index (Phi) is 8.48. The van der Waals surface area contributed by atoms with E-state index >= 15 is 0 Å². The van der Waals surface area contributed by atoms with Crippen LogP contribution in [-0.4, -0.2) is 31.5 Å². The van der Waals surface area contributed by atoms with Crippen molar-refractivity contribution in [2.75, 3.05) is 29.2 Å². The van der Waals surface area contributed by atoms with Gasteiger partial charge in [0.15, 0.2) is 0 Å². The maximum absolute atomic E-state index is 13.3. The van der Waals surface area contributed by atoms with Crippen molar-refractivity contribution in [2.45, 2.75) is 0 Å². The standard InChI is InChI=1S/C29H26N4O4/c1-36-26-19-17-24(18-20-26)31-29(35)37-32-27(22-11-5-2-6-12-22)21-33(25-15-9-4-10-16-25)28(34)30-23-13-7-3-8-14-23/h2-20H,21H2,1H3,(H,30,34)(H,31,35)/b32-27-. The van der Waals surface area contributed by atoms with Gasteiger partial charge in [-0.25, -0.2) is 9.59 Å². The number of carbonyl (C=O) groups excluding carboxylic acids is 2. The lowest BCUT2D eigenvalue weighted by molar-refractivity contribution is 0.166. The molecule has 0 unspecified atom stereocenters. The molecule has 0 aliphatic heterocycles. The zero-order chi connectivity index (χ0) is 25.9. The van der Waals surface area contributed by atoms with Crippen molar-refractivity contribution in [1.82, 2.24) is 0 Å². The van der Waals surface area contributed by atoms with Crippen LogP contribution in [0.5, 0.6) is 5.75 Å². The van der Waals surface area contributed by atoms with Crippen molar-refractivity contribution < 1.29 is 19.2 Å². The summed E-state index contributed by atoms with van der Waals surface area (Å²) in [6.45, 7) is 0.0442. The minimum Gasteiger partial charge on any atom is -0.497 e. The Labute approximate surface area is 215 Å². The van der Waals surface area contributed by atoms with Gasteiger partial charge in [0.05, 0.1) is 13.7 Å². The second kappa shape index (κ2) is 12.6. The normalized spacial score (nSPS) is 10.8. The van der Waals surface area contributed by atoms with Crippen LogP contribution in [0, 0.1) is 0 Å². The Morgan fingerprint density at radius 1 is 0.730 bits per heavy atom. The van der Waals surface area contributed by atoms with Gasteiger partial charge in [0.25, 0.3) is 0 Å². The van der Waals surface area contributed by atoms with Crippen LogP contribution in [0.25, 0.3) is 0 Å². The molecule has 0 aliphatic rings. The van der Waals surface area contributed by atoms with E-state index in [4.69, 9.17) is 9.57 Å². The molecular weight excluding hydrogens is 468 g/mol. The molecule has 8 heteroatoms.